The lowest BCUT2D eigenvalue weighted by Gasteiger charge is -2.16. The van der Waals surface area contributed by atoms with Gasteiger partial charge in [-0.05, 0) is 17.7 Å². The number of rotatable bonds is 3. The quantitative estimate of drug-likeness (QED) is 0.902. The van der Waals surface area contributed by atoms with Crippen molar-refractivity contribution in [2.45, 2.75) is 13.3 Å². The minimum atomic E-state index is -0.997. The monoisotopic (exact) mass is 285 g/mol. The van der Waals surface area contributed by atoms with E-state index in [2.05, 4.69) is 9.98 Å². The van der Waals surface area contributed by atoms with E-state index in [1.807, 2.05) is 11.8 Å². The summed E-state index contributed by atoms with van der Waals surface area (Å²) in [6.07, 6.45) is 1.83. The maximum atomic E-state index is 11.8. The van der Waals surface area contributed by atoms with Crippen LogP contribution in [0.15, 0.2) is 34.5 Å². The van der Waals surface area contributed by atoms with E-state index < -0.39 is 5.97 Å². The Hall–Kier alpha value is -2.50. The Balaban J connectivity index is 1.82. The summed E-state index contributed by atoms with van der Waals surface area (Å²) in [5.74, 6) is -0.860. The van der Waals surface area contributed by atoms with E-state index in [9.17, 15) is 9.59 Å². The SMILES string of the molecule is CCC(=O)N1CC2=C(C1)C(c1ccc(C(=O)O)cn1)=NC2. The number of carbonyl (C=O) groups excluding carboxylic acids is 1. The standard InChI is InChI=1S/C15H15N3O3/c1-2-13(19)18-7-10-6-17-14(11(10)8-18)12-4-3-9(5-16-12)15(20)21/h3-5H,2,6-8H2,1H3,(H,20,21). The molecule has 0 atom stereocenters. The van der Waals surface area contributed by atoms with Gasteiger partial charge in [-0.1, -0.05) is 6.92 Å². The number of hydrogen-bond donors (Lipinski definition) is 1. The van der Waals surface area contributed by atoms with Crippen molar-refractivity contribution in [1.29, 1.82) is 0 Å². The summed E-state index contributed by atoms with van der Waals surface area (Å²) in [5.41, 5.74) is 3.83. The number of aromatic nitrogens is 1. The summed E-state index contributed by atoms with van der Waals surface area (Å²) in [7, 11) is 0. The van der Waals surface area contributed by atoms with Crippen molar-refractivity contribution in [3.63, 3.8) is 0 Å². The molecule has 0 saturated carbocycles. The molecule has 0 aliphatic carbocycles. The zero-order chi connectivity index (χ0) is 15.0. The molecule has 0 radical (unpaired) electrons. The van der Waals surface area contributed by atoms with Crippen LogP contribution in [-0.4, -0.2) is 52.2 Å². The molecule has 1 amide bonds. The largest absolute Gasteiger partial charge is 0.478 e. The van der Waals surface area contributed by atoms with Gasteiger partial charge in [-0.15, -0.1) is 0 Å². The van der Waals surface area contributed by atoms with Gasteiger partial charge < -0.3 is 10.0 Å². The molecule has 0 bridgehead atoms. The van der Waals surface area contributed by atoms with E-state index in [0.29, 0.717) is 31.7 Å². The number of aromatic carboxylic acids is 1. The van der Waals surface area contributed by atoms with Crippen molar-refractivity contribution in [2.24, 2.45) is 4.99 Å². The zero-order valence-electron chi connectivity index (χ0n) is 11.7. The number of amides is 1. The van der Waals surface area contributed by atoms with Crippen molar-refractivity contribution >= 4 is 17.6 Å². The summed E-state index contributed by atoms with van der Waals surface area (Å²) < 4.78 is 0. The molecule has 0 fully saturated rings. The third-order valence-corrected chi connectivity index (χ3v) is 3.78. The van der Waals surface area contributed by atoms with Gasteiger partial charge in [0.05, 0.1) is 23.5 Å². The molecular formula is C15H15N3O3. The minimum absolute atomic E-state index is 0.137. The summed E-state index contributed by atoms with van der Waals surface area (Å²) in [6.45, 7) is 3.67. The Morgan fingerprint density at radius 3 is 2.76 bits per heavy atom. The number of pyridine rings is 1. The first-order valence-corrected chi connectivity index (χ1v) is 6.83. The molecule has 2 aliphatic heterocycles. The number of carbonyl (C=O) groups is 2. The van der Waals surface area contributed by atoms with Gasteiger partial charge in [-0.2, -0.15) is 0 Å². The summed E-state index contributed by atoms with van der Waals surface area (Å²) in [5, 5.41) is 8.89. The third-order valence-electron chi connectivity index (χ3n) is 3.78. The summed E-state index contributed by atoms with van der Waals surface area (Å²) in [4.78, 5) is 33.1. The first-order chi connectivity index (χ1) is 10.1. The highest BCUT2D eigenvalue weighted by molar-refractivity contribution is 6.14. The van der Waals surface area contributed by atoms with Crippen molar-refractivity contribution in [3.05, 3.63) is 40.7 Å². The highest BCUT2D eigenvalue weighted by Crippen LogP contribution is 2.27. The van der Waals surface area contributed by atoms with Crippen molar-refractivity contribution in [1.82, 2.24) is 9.88 Å². The van der Waals surface area contributed by atoms with E-state index in [1.54, 1.807) is 6.07 Å². The second-order valence-electron chi connectivity index (χ2n) is 5.09. The lowest BCUT2D eigenvalue weighted by atomic mass is 10.1. The maximum absolute atomic E-state index is 11.8. The summed E-state index contributed by atoms with van der Waals surface area (Å²) in [6, 6.07) is 3.19. The van der Waals surface area contributed by atoms with Gasteiger partial charge in [0, 0.05) is 31.3 Å². The van der Waals surface area contributed by atoms with Gasteiger partial charge >= 0.3 is 5.97 Å². The average molecular weight is 285 g/mol. The predicted molar refractivity (Wildman–Crippen MR) is 76.5 cm³/mol. The van der Waals surface area contributed by atoms with Crippen LogP contribution < -0.4 is 0 Å². The fourth-order valence-electron chi connectivity index (χ4n) is 2.64. The Kier molecular flexibility index (Phi) is 3.29. The number of carboxylic acid groups (broad SMARTS) is 1. The molecule has 6 heteroatoms. The lowest BCUT2D eigenvalue weighted by molar-refractivity contribution is -0.129. The van der Waals surface area contributed by atoms with E-state index in [4.69, 9.17) is 5.11 Å². The molecule has 2 aliphatic rings. The molecule has 0 aromatic carbocycles. The molecule has 1 aromatic rings. The number of carboxylic acids is 1. The zero-order valence-corrected chi connectivity index (χ0v) is 11.7. The fraction of sp³-hybridized carbons (Fsp3) is 0.333. The Bertz CT molecular complexity index is 674. The van der Waals surface area contributed by atoms with Crippen LogP contribution in [0.4, 0.5) is 0 Å². The molecule has 1 N–H and O–H groups in total. The molecular weight excluding hydrogens is 270 g/mol. The van der Waals surface area contributed by atoms with Crippen LogP contribution in [0.2, 0.25) is 0 Å². The topological polar surface area (TPSA) is 82.9 Å². The van der Waals surface area contributed by atoms with Crippen LogP contribution in [0.1, 0.15) is 29.4 Å². The predicted octanol–water partition coefficient (Wildman–Crippen LogP) is 1.13. The number of nitrogens with zero attached hydrogens (tertiary/aromatic N) is 3. The van der Waals surface area contributed by atoms with Crippen LogP contribution in [0.5, 0.6) is 0 Å². The van der Waals surface area contributed by atoms with E-state index in [0.717, 1.165) is 16.9 Å². The van der Waals surface area contributed by atoms with Gasteiger partial charge in [0.15, 0.2) is 0 Å². The third kappa shape index (κ3) is 2.33. The van der Waals surface area contributed by atoms with Crippen LogP contribution >= 0.6 is 0 Å². The summed E-state index contributed by atoms with van der Waals surface area (Å²) >= 11 is 0. The molecule has 0 unspecified atom stereocenters. The van der Waals surface area contributed by atoms with Crippen LogP contribution in [-0.2, 0) is 4.79 Å². The second-order valence-corrected chi connectivity index (χ2v) is 5.09. The van der Waals surface area contributed by atoms with Crippen molar-refractivity contribution < 1.29 is 14.7 Å². The molecule has 3 rings (SSSR count). The Labute approximate surface area is 121 Å². The smallest absolute Gasteiger partial charge is 0.337 e. The van der Waals surface area contributed by atoms with Gasteiger partial charge in [0.25, 0.3) is 0 Å². The lowest BCUT2D eigenvalue weighted by Crippen LogP contribution is -2.30. The molecule has 0 spiro atoms. The Morgan fingerprint density at radius 1 is 1.33 bits per heavy atom. The molecule has 108 valence electrons. The molecule has 1 aromatic heterocycles. The first kappa shape index (κ1) is 13.5. The number of aliphatic imine (C=N–C) groups is 1. The molecule has 6 nitrogen and oxygen atoms in total. The van der Waals surface area contributed by atoms with Gasteiger partial charge in [0.1, 0.15) is 0 Å². The Morgan fingerprint density at radius 2 is 2.14 bits per heavy atom. The first-order valence-electron chi connectivity index (χ1n) is 6.83. The van der Waals surface area contributed by atoms with Crippen LogP contribution in [0.25, 0.3) is 0 Å². The van der Waals surface area contributed by atoms with Crippen LogP contribution in [0, 0.1) is 0 Å². The van der Waals surface area contributed by atoms with Crippen molar-refractivity contribution in [2.75, 3.05) is 19.6 Å². The second kappa shape index (κ2) is 5.12. The highest BCUT2D eigenvalue weighted by atomic mass is 16.4. The molecule has 21 heavy (non-hydrogen) atoms. The average Bonchev–Trinajstić information content (AvgIpc) is 3.06. The fourth-order valence-corrected chi connectivity index (χ4v) is 2.64. The van der Waals surface area contributed by atoms with E-state index >= 15 is 0 Å². The van der Waals surface area contributed by atoms with Crippen LogP contribution in [0.3, 0.4) is 0 Å². The molecule has 0 saturated heterocycles. The van der Waals surface area contributed by atoms with Gasteiger partial charge in [-0.25, -0.2) is 4.79 Å². The minimum Gasteiger partial charge on any atom is -0.478 e. The van der Waals surface area contributed by atoms with E-state index in [-0.39, 0.29) is 11.5 Å². The normalized spacial score (nSPS) is 17.0. The van der Waals surface area contributed by atoms with Gasteiger partial charge in [0.2, 0.25) is 5.91 Å². The molecule has 3 heterocycles. The van der Waals surface area contributed by atoms with Gasteiger partial charge in [-0.3, -0.25) is 14.8 Å². The highest BCUT2D eigenvalue weighted by Gasteiger charge is 2.31. The maximum Gasteiger partial charge on any atom is 0.337 e. The van der Waals surface area contributed by atoms with E-state index in [1.165, 1.54) is 12.3 Å². The number of hydrogen-bond acceptors (Lipinski definition) is 4. The van der Waals surface area contributed by atoms with Crippen molar-refractivity contribution in [3.8, 4) is 0 Å².